The van der Waals surface area contributed by atoms with Crippen molar-refractivity contribution in [3.05, 3.63) is 46.9 Å². The second kappa shape index (κ2) is 3.85. The highest BCUT2D eigenvalue weighted by molar-refractivity contribution is 7.13. The molecule has 3 rings (SSSR count). The first-order valence-electron chi connectivity index (χ1n) is 4.81. The van der Waals surface area contributed by atoms with Crippen molar-refractivity contribution in [1.82, 2.24) is 9.97 Å². The molecule has 0 spiro atoms. The lowest BCUT2D eigenvalue weighted by molar-refractivity contribution is 1.30. The SMILES string of the molecule is Clc1nc2ccccc2nc1-c1cccs1. The molecule has 1 aromatic carbocycles. The molecule has 0 bridgehead atoms. The van der Waals surface area contributed by atoms with Gasteiger partial charge in [0, 0.05) is 0 Å². The number of benzene rings is 1. The predicted octanol–water partition coefficient (Wildman–Crippen LogP) is 4.01. The van der Waals surface area contributed by atoms with Gasteiger partial charge in [-0.3, -0.25) is 0 Å². The monoisotopic (exact) mass is 246 g/mol. The van der Waals surface area contributed by atoms with Crippen LogP contribution in [0.2, 0.25) is 5.15 Å². The van der Waals surface area contributed by atoms with Crippen LogP contribution in [-0.2, 0) is 0 Å². The molecule has 2 aromatic heterocycles. The lowest BCUT2D eigenvalue weighted by atomic mass is 10.3. The van der Waals surface area contributed by atoms with Gasteiger partial charge in [0.2, 0.25) is 0 Å². The largest absolute Gasteiger partial charge is 0.242 e. The van der Waals surface area contributed by atoms with Gasteiger partial charge < -0.3 is 0 Å². The molecule has 2 heterocycles. The number of rotatable bonds is 1. The molecule has 0 fully saturated rings. The number of fused-ring (bicyclic) bond motifs is 1. The highest BCUT2D eigenvalue weighted by Gasteiger charge is 2.09. The summed E-state index contributed by atoms with van der Waals surface area (Å²) in [5.41, 5.74) is 2.46. The first-order valence-corrected chi connectivity index (χ1v) is 6.06. The van der Waals surface area contributed by atoms with E-state index in [2.05, 4.69) is 9.97 Å². The Morgan fingerprint density at radius 1 is 0.938 bits per heavy atom. The normalized spacial score (nSPS) is 10.8. The topological polar surface area (TPSA) is 25.8 Å². The maximum Gasteiger partial charge on any atom is 0.156 e. The molecule has 0 saturated heterocycles. The van der Waals surface area contributed by atoms with Crippen LogP contribution in [0.25, 0.3) is 21.6 Å². The fourth-order valence-corrected chi connectivity index (χ4v) is 2.55. The van der Waals surface area contributed by atoms with Gasteiger partial charge in [-0.15, -0.1) is 11.3 Å². The van der Waals surface area contributed by atoms with Crippen LogP contribution in [0.15, 0.2) is 41.8 Å². The molecule has 0 N–H and O–H groups in total. The Bertz CT molecular complexity index is 635. The summed E-state index contributed by atoms with van der Waals surface area (Å²) in [4.78, 5) is 9.92. The van der Waals surface area contributed by atoms with Gasteiger partial charge in [-0.05, 0) is 23.6 Å². The summed E-state index contributed by atoms with van der Waals surface area (Å²) < 4.78 is 0. The quantitative estimate of drug-likeness (QED) is 0.648. The molecule has 16 heavy (non-hydrogen) atoms. The van der Waals surface area contributed by atoms with Crippen LogP contribution in [0, 0.1) is 0 Å². The average Bonchev–Trinajstić information content (AvgIpc) is 2.81. The number of para-hydroxylation sites is 2. The van der Waals surface area contributed by atoms with Gasteiger partial charge in [-0.2, -0.15) is 0 Å². The van der Waals surface area contributed by atoms with E-state index in [0.29, 0.717) is 5.15 Å². The molecular weight excluding hydrogens is 240 g/mol. The second-order valence-corrected chi connectivity index (χ2v) is 4.63. The molecule has 0 unspecified atom stereocenters. The summed E-state index contributed by atoms with van der Waals surface area (Å²) in [5, 5.41) is 2.46. The molecule has 78 valence electrons. The van der Waals surface area contributed by atoms with Crippen LogP contribution in [0.4, 0.5) is 0 Å². The molecule has 0 aliphatic heterocycles. The van der Waals surface area contributed by atoms with Crippen molar-refractivity contribution in [3.63, 3.8) is 0 Å². The van der Waals surface area contributed by atoms with E-state index in [9.17, 15) is 0 Å². The minimum absolute atomic E-state index is 0.459. The van der Waals surface area contributed by atoms with E-state index in [1.54, 1.807) is 11.3 Å². The third-order valence-corrected chi connectivity index (χ3v) is 3.42. The maximum absolute atomic E-state index is 6.13. The fourth-order valence-electron chi connectivity index (χ4n) is 1.55. The third kappa shape index (κ3) is 1.58. The molecule has 3 aromatic rings. The highest BCUT2D eigenvalue weighted by Crippen LogP contribution is 2.29. The second-order valence-electron chi connectivity index (χ2n) is 3.33. The van der Waals surface area contributed by atoms with E-state index in [1.807, 2.05) is 41.8 Å². The average molecular weight is 247 g/mol. The summed E-state index contributed by atoms with van der Waals surface area (Å²) >= 11 is 7.74. The molecule has 0 aliphatic carbocycles. The van der Waals surface area contributed by atoms with E-state index >= 15 is 0 Å². The molecule has 0 aliphatic rings. The zero-order valence-electron chi connectivity index (χ0n) is 8.22. The van der Waals surface area contributed by atoms with E-state index in [4.69, 9.17) is 11.6 Å². The smallest absolute Gasteiger partial charge is 0.156 e. The fraction of sp³-hybridized carbons (Fsp3) is 0. The Morgan fingerprint density at radius 2 is 1.69 bits per heavy atom. The van der Waals surface area contributed by atoms with Crippen molar-refractivity contribution < 1.29 is 0 Å². The van der Waals surface area contributed by atoms with Crippen molar-refractivity contribution in [1.29, 1.82) is 0 Å². The van der Waals surface area contributed by atoms with E-state index in [-0.39, 0.29) is 0 Å². The summed E-state index contributed by atoms with van der Waals surface area (Å²) in [6.07, 6.45) is 0. The molecule has 4 heteroatoms. The van der Waals surface area contributed by atoms with Crippen LogP contribution < -0.4 is 0 Å². The Kier molecular flexibility index (Phi) is 2.35. The van der Waals surface area contributed by atoms with Crippen molar-refractivity contribution in [2.75, 3.05) is 0 Å². The van der Waals surface area contributed by atoms with Gasteiger partial charge in [-0.25, -0.2) is 9.97 Å². The first kappa shape index (κ1) is 9.75. The van der Waals surface area contributed by atoms with Gasteiger partial charge in [0.05, 0.1) is 15.9 Å². The lowest BCUT2D eigenvalue weighted by Crippen LogP contribution is -1.89. The number of nitrogens with zero attached hydrogens (tertiary/aromatic N) is 2. The highest BCUT2D eigenvalue weighted by atomic mass is 35.5. The van der Waals surface area contributed by atoms with E-state index in [1.165, 1.54) is 0 Å². The van der Waals surface area contributed by atoms with E-state index in [0.717, 1.165) is 21.6 Å². The zero-order valence-corrected chi connectivity index (χ0v) is 9.79. The molecule has 0 saturated carbocycles. The summed E-state index contributed by atoms with van der Waals surface area (Å²) in [5.74, 6) is 0. The summed E-state index contributed by atoms with van der Waals surface area (Å²) in [6, 6.07) is 11.7. The Balaban J connectivity index is 2.30. The number of halogens is 1. The minimum Gasteiger partial charge on any atom is -0.242 e. The van der Waals surface area contributed by atoms with Gasteiger partial charge in [0.15, 0.2) is 5.15 Å². The molecule has 0 radical (unpaired) electrons. The minimum atomic E-state index is 0.459. The number of thiophene rings is 1. The van der Waals surface area contributed by atoms with Gasteiger partial charge in [0.1, 0.15) is 5.69 Å². The molecule has 0 atom stereocenters. The van der Waals surface area contributed by atoms with Gasteiger partial charge >= 0.3 is 0 Å². The Hall–Kier alpha value is -1.45. The van der Waals surface area contributed by atoms with Crippen LogP contribution in [-0.4, -0.2) is 9.97 Å². The maximum atomic E-state index is 6.13. The van der Waals surface area contributed by atoms with Crippen LogP contribution in [0.5, 0.6) is 0 Å². The Morgan fingerprint density at radius 3 is 2.38 bits per heavy atom. The van der Waals surface area contributed by atoms with Crippen LogP contribution >= 0.6 is 22.9 Å². The number of hydrogen-bond acceptors (Lipinski definition) is 3. The third-order valence-electron chi connectivity index (χ3n) is 2.28. The van der Waals surface area contributed by atoms with E-state index < -0.39 is 0 Å². The van der Waals surface area contributed by atoms with Gasteiger partial charge in [0.25, 0.3) is 0 Å². The molecule has 2 nitrogen and oxygen atoms in total. The molecular formula is C12H7ClN2S. The zero-order chi connectivity index (χ0) is 11.0. The summed E-state index contributed by atoms with van der Waals surface area (Å²) in [7, 11) is 0. The first-order chi connectivity index (χ1) is 7.84. The number of aromatic nitrogens is 2. The Labute approximate surface area is 102 Å². The van der Waals surface area contributed by atoms with Gasteiger partial charge in [-0.1, -0.05) is 29.8 Å². The predicted molar refractivity (Wildman–Crippen MR) is 67.9 cm³/mol. The van der Waals surface area contributed by atoms with Crippen molar-refractivity contribution in [3.8, 4) is 10.6 Å². The van der Waals surface area contributed by atoms with Crippen LogP contribution in [0.1, 0.15) is 0 Å². The van der Waals surface area contributed by atoms with Crippen molar-refractivity contribution >= 4 is 34.0 Å². The van der Waals surface area contributed by atoms with Crippen molar-refractivity contribution in [2.24, 2.45) is 0 Å². The number of hydrogen-bond donors (Lipinski definition) is 0. The van der Waals surface area contributed by atoms with Crippen molar-refractivity contribution in [2.45, 2.75) is 0 Å². The van der Waals surface area contributed by atoms with Crippen LogP contribution in [0.3, 0.4) is 0 Å². The standard InChI is InChI=1S/C12H7ClN2S/c13-12-11(10-6-3-7-16-10)14-8-4-1-2-5-9(8)15-12/h1-7H. The lowest BCUT2D eigenvalue weighted by Gasteiger charge is -2.02. The summed E-state index contributed by atoms with van der Waals surface area (Å²) in [6.45, 7) is 0. The molecule has 0 amide bonds.